The Hall–Kier alpha value is -3.05. The zero-order valence-corrected chi connectivity index (χ0v) is 29.9. The Balaban J connectivity index is 3.03. The Morgan fingerprint density at radius 2 is 1.28 bits per heavy atom. The minimum absolute atomic E-state index is 0.00143. The maximum Gasteiger partial charge on any atom is 0.326 e. The molecule has 6 atom stereocenters. The fourth-order valence-corrected chi connectivity index (χ4v) is 5.63. The summed E-state index contributed by atoms with van der Waals surface area (Å²) in [6.07, 6.45) is 1.29. The number of aliphatic carboxylic acids is 1. The van der Waals surface area contributed by atoms with Gasteiger partial charge in [0, 0.05) is 18.1 Å². The first-order valence-corrected chi connectivity index (χ1v) is 17.2. The van der Waals surface area contributed by atoms with E-state index in [0.717, 1.165) is 0 Å². The third-order valence-corrected chi connectivity index (χ3v) is 8.29. The summed E-state index contributed by atoms with van der Waals surface area (Å²) >= 11 is 8.36. The van der Waals surface area contributed by atoms with Gasteiger partial charge in [-0.2, -0.15) is 25.3 Å². The van der Waals surface area contributed by atoms with Crippen LogP contribution in [-0.2, 0) is 33.6 Å². The van der Waals surface area contributed by atoms with Crippen molar-refractivity contribution in [1.29, 1.82) is 0 Å². The van der Waals surface area contributed by atoms with Crippen molar-refractivity contribution in [1.82, 2.24) is 31.5 Å². The number of rotatable bonds is 19. The second-order valence-electron chi connectivity index (χ2n) is 12.9. The van der Waals surface area contributed by atoms with E-state index in [4.69, 9.17) is 5.73 Å². The van der Waals surface area contributed by atoms with Crippen molar-refractivity contribution in [3.8, 4) is 0 Å². The number of hydrogen-bond acceptors (Lipinski definition) is 10. The third-order valence-electron chi connectivity index (χ3n) is 7.56. The molecule has 0 spiro atoms. The van der Waals surface area contributed by atoms with E-state index in [9.17, 15) is 38.7 Å². The van der Waals surface area contributed by atoms with E-state index in [2.05, 4.69) is 51.8 Å². The highest BCUT2D eigenvalue weighted by Crippen LogP contribution is 2.19. The molecular formula is C30H53N7O8S2. The first-order valence-electron chi connectivity index (χ1n) is 15.9. The number of carbonyl (C=O) groups excluding carboxylic acids is 6. The van der Waals surface area contributed by atoms with Crippen molar-refractivity contribution in [2.45, 2.75) is 103 Å². The topological polar surface area (TPSA) is 229 Å². The van der Waals surface area contributed by atoms with Crippen LogP contribution in [0.25, 0.3) is 0 Å². The highest BCUT2D eigenvalue weighted by molar-refractivity contribution is 7.80. The quantitative estimate of drug-likeness (QED) is 0.0755. The van der Waals surface area contributed by atoms with Crippen molar-refractivity contribution in [3.05, 3.63) is 0 Å². The highest BCUT2D eigenvalue weighted by atomic mass is 32.1. The van der Waals surface area contributed by atoms with Crippen LogP contribution in [0.15, 0.2) is 0 Å². The lowest BCUT2D eigenvalue weighted by Crippen LogP contribution is -2.60. The largest absolute Gasteiger partial charge is 0.480 e. The molecule has 6 amide bonds. The molecule has 17 heteroatoms. The molecule has 0 saturated carbocycles. The summed E-state index contributed by atoms with van der Waals surface area (Å²) in [7, 11) is 0. The monoisotopic (exact) mass is 703 g/mol. The molecule has 1 aliphatic rings. The van der Waals surface area contributed by atoms with Gasteiger partial charge in [-0.15, -0.1) is 0 Å². The van der Waals surface area contributed by atoms with E-state index >= 15 is 0 Å². The van der Waals surface area contributed by atoms with E-state index in [-0.39, 0.29) is 49.3 Å². The number of likely N-dealkylation sites (tertiary alicyclic amines) is 1. The Morgan fingerprint density at radius 3 is 1.77 bits per heavy atom. The molecule has 1 rings (SSSR count). The van der Waals surface area contributed by atoms with Crippen molar-refractivity contribution in [2.24, 2.45) is 23.5 Å². The van der Waals surface area contributed by atoms with Gasteiger partial charge in [-0.25, -0.2) is 4.79 Å². The minimum Gasteiger partial charge on any atom is -0.480 e. The molecule has 0 aliphatic carbocycles. The zero-order valence-electron chi connectivity index (χ0n) is 28.1. The first-order chi connectivity index (χ1) is 22.0. The number of nitrogens with one attached hydrogen (secondary N) is 5. The van der Waals surface area contributed by atoms with Crippen LogP contribution in [0, 0.1) is 17.8 Å². The summed E-state index contributed by atoms with van der Waals surface area (Å²) in [6, 6.07) is -6.35. The van der Waals surface area contributed by atoms with E-state index < -0.39 is 83.6 Å². The number of amides is 6. The maximum absolute atomic E-state index is 13.4. The molecule has 0 radical (unpaired) electrons. The lowest BCUT2D eigenvalue weighted by atomic mass is 9.98. The molecule has 1 aliphatic heterocycles. The van der Waals surface area contributed by atoms with Crippen LogP contribution in [-0.4, -0.2) is 112 Å². The molecule has 15 nitrogen and oxygen atoms in total. The highest BCUT2D eigenvalue weighted by Gasteiger charge is 2.39. The van der Waals surface area contributed by atoms with Gasteiger partial charge in [-0.1, -0.05) is 41.5 Å². The molecule has 0 aromatic rings. The number of thiol groups is 2. The molecular weight excluding hydrogens is 651 g/mol. The predicted octanol–water partition coefficient (Wildman–Crippen LogP) is -0.947. The first kappa shape index (κ1) is 42.0. The number of nitrogens with two attached hydrogens (primary N) is 1. The second kappa shape index (κ2) is 20.3. The Bertz CT molecular complexity index is 1120. The summed E-state index contributed by atoms with van der Waals surface area (Å²) in [5, 5.41) is 22.5. The van der Waals surface area contributed by atoms with Gasteiger partial charge in [-0.3, -0.25) is 28.8 Å². The summed E-state index contributed by atoms with van der Waals surface area (Å²) in [5.41, 5.74) is 5.34. The zero-order chi connectivity index (χ0) is 36.0. The SMILES string of the molecule is CC(C)CC(NC(=O)C(CC(C)C)NC(=O)C(NC(=O)C(CS)NC(=O)C1CCCN1C(=O)C(CS)NC(=O)CN)C(C)C)C(=O)O. The molecule has 47 heavy (non-hydrogen) atoms. The van der Waals surface area contributed by atoms with E-state index in [1.54, 1.807) is 13.8 Å². The van der Waals surface area contributed by atoms with Gasteiger partial charge >= 0.3 is 5.97 Å². The van der Waals surface area contributed by atoms with Crippen molar-refractivity contribution in [3.63, 3.8) is 0 Å². The maximum atomic E-state index is 13.4. The van der Waals surface area contributed by atoms with Gasteiger partial charge in [0.1, 0.15) is 36.3 Å². The summed E-state index contributed by atoms with van der Waals surface area (Å²) in [4.78, 5) is 91.1. The van der Waals surface area contributed by atoms with Crippen LogP contribution in [0.2, 0.25) is 0 Å². The summed E-state index contributed by atoms with van der Waals surface area (Å²) in [6.45, 7) is 10.7. The van der Waals surface area contributed by atoms with Gasteiger partial charge in [-0.05, 0) is 43.4 Å². The summed E-state index contributed by atoms with van der Waals surface area (Å²) < 4.78 is 0. The second-order valence-corrected chi connectivity index (χ2v) is 13.6. The number of hydrogen-bond donors (Lipinski definition) is 9. The minimum atomic E-state index is -1.18. The van der Waals surface area contributed by atoms with Crippen LogP contribution < -0.4 is 32.3 Å². The van der Waals surface area contributed by atoms with Crippen molar-refractivity contribution in [2.75, 3.05) is 24.6 Å². The fourth-order valence-electron chi connectivity index (χ4n) is 5.12. The normalized spacial score (nSPS) is 17.8. The number of carboxylic acid groups (broad SMARTS) is 1. The smallest absolute Gasteiger partial charge is 0.326 e. The van der Waals surface area contributed by atoms with E-state index in [1.807, 2.05) is 27.7 Å². The van der Waals surface area contributed by atoms with Gasteiger partial charge in [0.25, 0.3) is 0 Å². The molecule has 268 valence electrons. The van der Waals surface area contributed by atoms with Crippen molar-refractivity contribution >= 4 is 66.7 Å². The molecule has 1 heterocycles. The molecule has 1 saturated heterocycles. The van der Waals surface area contributed by atoms with Gasteiger partial charge in [0.2, 0.25) is 35.4 Å². The molecule has 0 aromatic carbocycles. The lowest BCUT2D eigenvalue weighted by Gasteiger charge is -2.30. The lowest BCUT2D eigenvalue weighted by molar-refractivity contribution is -0.143. The third kappa shape index (κ3) is 13.5. The Morgan fingerprint density at radius 1 is 0.745 bits per heavy atom. The van der Waals surface area contributed by atoms with E-state index in [1.165, 1.54) is 4.90 Å². The van der Waals surface area contributed by atoms with Gasteiger partial charge < -0.3 is 42.3 Å². The van der Waals surface area contributed by atoms with E-state index in [0.29, 0.717) is 12.8 Å². The van der Waals surface area contributed by atoms with Crippen LogP contribution in [0.3, 0.4) is 0 Å². The average Bonchev–Trinajstić information content (AvgIpc) is 3.49. The number of nitrogens with zero attached hydrogens (tertiary/aromatic N) is 1. The molecule has 1 fully saturated rings. The molecule has 0 aromatic heterocycles. The van der Waals surface area contributed by atoms with Gasteiger partial charge in [0.15, 0.2) is 0 Å². The Labute approximate surface area is 287 Å². The van der Waals surface area contributed by atoms with Gasteiger partial charge in [0.05, 0.1) is 6.54 Å². The van der Waals surface area contributed by atoms with Crippen LogP contribution in [0.4, 0.5) is 0 Å². The average molecular weight is 704 g/mol. The Kier molecular flexibility index (Phi) is 18.2. The predicted molar refractivity (Wildman–Crippen MR) is 183 cm³/mol. The number of carbonyl (C=O) groups is 7. The van der Waals surface area contributed by atoms with Crippen LogP contribution >= 0.6 is 25.3 Å². The van der Waals surface area contributed by atoms with Crippen molar-refractivity contribution < 1.29 is 38.7 Å². The molecule has 6 unspecified atom stereocenters. The fraction of sp³-hybridized carbons (Fsp3) is 0.767. The van der Waals surface area contributed by atoms with Crippen LogP contribution in [0.5, 0.6) is 0 Å². The molecule has 0 bridgehead atoms. The molecule has 8 N–H and O–H groups in total. The summed E-state index contributed by atoms with van der Waals surface area (Å²) in [5.74, 6) is -5.41. The number of carboxylic acids is 1. The standard InChI is InChI=1S/C30H53N7O8S2/c1-15(2)10-18(25(39)34-19(30(44)45)11-16(3)4)33-28(42)24(17(5)6)36-26(40)20(13-46)35-27(41)22-8-7-9-37(22)29(43)21(14-47)32-23(38)12-31/h15-22,24,46-47H,7-14,31H2,1-6H3,(H,32,38)(H,33,42)(H,34,39)(H,35,41)(H,36,40)(H,44,45). The van der Waals surface area contributed by atoms with Crippen LogP contribution in [0.1, 0.15) is 67.2 Å².